The molecule has 0 aliphatic carbocycles. The van der Waals surface area contributed by atoms with Crippen molar-refractivity contribution in [3.63, 3.8) is 0 Å². The summed E-state index contributed by atoms with van der Waals surface area (Å²) in [7, 11) is -0.479. The van der Waals surface area contributed by atoms with Crippen LogP contribution in [0.5, 0.6) is 0 Å². The van der Waals surface area contributed by atoms with Crippen LogP contribution in [-0.4, -0.2) is 26.4 Å². The molecule has 19 heavy (non-hydrogen) atoms. The number of carbonyl (C=O) groups excluding carboxylic acids is 1. The molecule has 1 rings (SSSR count). The number of esters is 1. The van der Waals surface area contributed by atoms with E-state index >= 15 is 0 Å². The Balaban J connectivity index is 2.87. The van der Waals surface area contributed by atoms with Crippen LogP contribution in [0.3, 0.4) is 0 Å². The highest BCUT2D eigenvalue weighted by molar-refractivity contribution is 6.74. The van der Waals surface area contributed by atoms with E-state index in [0.29, 0.717) is 17.9 Å². The Morgan fingerprint density at radius 1 is 1.37 bits per heavy atom. The zero-order valence-corrected chi connectivity index (χ0v) is 13.6. The molecule has 1 aromatic heterocycles. The fourth-order valence-electron chi connectivity index (χ4n) is 1.31. The van der Waals surface area contributed by atoms with E-state index in [1.165, 1.54) is 7.11 Å². The molecule has 0 aromatic carbocycles. The van der Waals surface area contributed by atoms with Crippen molar-refractivity contribution in [3.05, 3.63) is 29.6 Å². The van der Waals surface area contributed by atoms with Gasteiger partial charge in [-0.05, 0) is 30.3 Å². The first kappa shape index (κ1) is 15.9. The van der Waals surface area contributed by atoms with E-state index in [0.717, 1.165) is 0 Å². The molecule has 1 aromatic rings. The van der Waals surface area contributed by atoms with Crippen LogP contribution >= 0.6 is 0 Å². The van der Waals surface area contributed by atoms with Crippen LogP contribution in [0.2, 0.25) is 18.1 Å². The molecule has 0 unspecified atom stereocenters. The van der Waals surface area contributed by atoms with Crippen LogP contribution in [0, 0.1) is 0 Å². The summed E-state index contributed by atoms with van der Waals surface area (Å²) in [6, 6.07) is 3.44. The monoisotopic (exact) mass is 281 g/mol. The summed E-state index contributed by atoms with van der Waals surface area (Å²) in [5.41, 5.74) is 1.11. The first-order valence-corrected chi connectivity index (χ1v) is 9.26. The average Bonchev–Trinajstić information content (AvgIpc) is 2.34. The second-order valence-electron chi connectivity index (χ2n) is 6.04. The Morgan fingerprint density at radius 2 is 2.00 bits per heavy atom. The van der Waals surface area contributed by atoms with E-state index < -0.39 is 8.32 Å². The lowest BCUT2D eigenvalue weighted by molar-refractivity contribution is 0.0596. The first-order valence-electron chi connectivity index (χ1n) is 6.35. The summed E-state index contributed by atoms with van der Waals surface area (Å²) in [4.78, 5) is 15.9. The minimum atomic E-state index is -1.85. The van der Waals surface area contributed by atoms with Gasteiger partial charge in [-0.2, -0.15) is 0 Å². The Kier molecular flexibility index (Phi) is 4.87. The van der Waals surface area contributed by atoms with Crippen LogP contribution in [0.15, 0.2) is 18.3 Å². The van der Waals surface area contributed by atoms with E-state index in [2.05, 4.69) is 38.8 Å². The number of ether oxygens (including phenoxy) is 1. The van der Waals surface area contributed by atoms with Crippen LogP contribution in [0.4, 0.5) is 0 Å². The molecule has 0 aliphatic heterocycles. The Bertz CT molecular complexity index is 452. The molecule has 0 atom stereocenters. The highest BCUT2D eigenvalue weighted by atomic mass is 28.4. The third-order valence-electron chi connectivity index (χ3n) is 3.67. The third-order valence-corrected chi connectivity index (χ3v) is 8.15. The smallest absolute Gasteiger partial charge is 0.339 e. The van der Waals surface area contributed by atoms with Crippen LogP contribution < -0.4 is 0 Å². The van der Waals surface area contributed by atoms with Crippen molar-refractivity contribution in [1.29, 1.82) is 0 Å². The molecule has 0 N–H and O–H groups in total. The fourth-order valence-corrected chi connectivity index (χ4v) is 2.24. The number of pyridine rings is 1. The molecule has 1 heterocycles. The standard InChI is InChI=1S/C14H23NO3Si/c1-14(2,3)19(5,6)18-10-12-11(13(16)17-4)8-7-9-15-12/h7-9H,10H2,1-6H3. The van der Waals surface area contributed by atoms with Crippen molar-refractivity contribution >= 4 is 14.3 Å². The van der Waals surface area contributed by atoms with Gasteiger partial charge >= 0.3 is 5.97 Å². The number of rotatable bonds is 4. The quantitative estimate of drug-likeness (QED) is 0.627. The molecule has 0 spiro atoms. The van der Waals surface area contributed by atoms with Gasteiger partial charge in [-0.3, -0.25) is 4.98 Å². The van der Waals surface area contributed by atoms with Crippen LogP contribution in [-0.2, 0) is 15.8 Å². The summed E-state index contributed by atoms with van der Waals surface area (Å²) in [6.45, 7) is 11.2. The summed E-state index contributed by atoms with van der Waals surface area (Å²) in [5, 5.41) is 0.132. The number of hydrogen-bond donors (Lipinski definition) is 0. The number of hydrogen-bond acceptors (Lipinski definition) is 4. The summed E-state index contributed by atoms with van der Waals surface area (Å²) < 4.78 is 10.8. The van der Waals surface area contributed by atoms with Crippen LogP contribution in [0.1, 0.15) is 36.8 Å². The van der Waals surface area contributed by atoms with Gasteiger partial charge in [-0.15, -0.1) is 0 Å². The van der Waals surface area contributed by atoms with Gasteiger partial charge in [0.25, 0.3) is 0 Å². The van der Waals surface area contributed by atoms with E-state index in [-0.39, 0.29) is 11.0 Å². The molecule has 0 saturated heterocycles. The van der Waals surface area contributed by atoms with Gasteiger partial charge in [0.2, 0.25) is 0 Å². The third kappa shape index (κ3) is 3.88. The molecular formula is C14H23NO3Si. The molecule has 4 nitrogen and oxygen atoms in total. The van der Waals surface area contributed by atoms with Crippen molar-refractivity contribution < 1.29 is 14.0 Å². The number of methoxy groups -OCH3 is 1. The van der Waals surface area contributed by atoms with Crippen molar-refractivity contribution in [3.8, 4) is 0 Å². The summed E-state index contributed by atoms with van der Waals surface area (Å²) in [5.74, 6) is -0.373. The minimum Gasteiger partial charge on any atom is -0.465 e. The Hall–Kier alpha value is -1.20. The molecule has 0 amide bonds. The highest BCUT2D eigenvalue weighted by Crippen LogP contribution is 2.37. The van der Waals surface area contributed by atoms with Crippen LogP contribution in [0.25, 0.3) is 0 Å². The van der Waals surface area contributed by atoms with Crippen molar-refractivity contribution in [2.75, 3.05) is 7.11 Å². The molecule has 0 saturated carbocycles. The van der Waals surface area contributed by atoms with Gasteiger partial charge in [0.05, 0.1) is 25.0 Å². The van der Waals surface area contributed by atoms with Gasteiger partial charge in [0.15, 0.2) is 8.32 Å². The van der Waals surface area contributed by atoms with Crippen molar-refractivity contribution in [1.82, 2.24) is 4.98 Å². The van der Waals surface area contributed by atoms with Gasteiger partial charge in [-0.25, -0.2) is 4.79 Å². The second kappa shape index (κ2) is 5.84. The molecule has 0 radical (unpaired) electrons. The maximum absolute atomic E-state index is 11.6. The lowest BCUT2D eigenvalue weighted by Gasteiger charge is -2.36. The SMILES string of the molecule is COC(=O)c1cccnc1CO[Si](C)(C)C(C)(C)C. The minimum absolute atomic E-state index is 0.132. The Labute approximate surface area is 116 Å². The molecule has 106 valence electrons. The first-order chi connectivity index (χ1) is 8.69. The van der Waals surface area contributed by atoms with Gasteiger partial charge in [0, 0.05) is 6.20 Å². The molecule has 0 aliphatic rings. The maximum Gasteiger partial charge on any atom is 0.339 e. The molecular weight excluding hydrogens is 258 g/mol. The second-order valence-corrected chi connectivity index (χ2v) is 10.8. The molecule has 0 bridgehead atoms. The van der Waals surface area contributed by atoms with E-state index in [4.69, 9.17) is 9.16 Å². The lowest BCUT2D eigenvalue weighted by atomic mass is 10.2. The zero-order valence-electron chi connectivity index (χ0n) is 12.6. The summed E-state index contributed by atoms with van der Waals surface area (Å²) in [6.07, 6.45) is 1.66. The summed E-state index contributed by atoms with van der Waals surface area (Å²) >= 11 is 0. The molecule has 0 fully saturated rings. The average molecular weight is 281 g/mol. The van der Waals surface area contributed by atoms with Crippen molar-refractivity contribution in [2.24, 2.45) is 0 Å². The van der Waals surface area contributed by atoms with Gasteiger partial charge in [0.1, 0.15) is 0 Å². The van der Waals surface area contributed by atoms with E-state index in [1.807, 2.05) is 0 Å². The van der Waals surface area contributed by atoms with E-state index in [9.17, 15) is 4.79 Å². The van der Waals surface area contributed by atoms with E-state index in [1.54, 1.807) is 18.3 Å². The normalized spacial score (nSPS) is 12.3. The van der Waals surface area contributed by atoms with Gasteiger partial charge < -0.3 is 9.16 Å². The largest absolute Gasteiger partial charge is 0.465 e. The maximum atomic E-state index is 11.6. The Morgan fingerprint density at radius 3 is 2.53 bits per heavy atom. The molecule has 5 heteroatoms. The van der Waals surface area contributed by atoms with Crippen molar-refractivity contribution in [2.45, 2.75) is 45.5 Å². The van der Waals surface area contributed by atoms with Gasteiger partial charge in [-0.1, -0.05) is 20.8 Å². The number of aromatic nitrogens is 1. The predicted octanol–water partition coefficient (Wildman–Crippen LogP) is 3.39. The fraction of sp³-hybridized carbons (Fsp3) is 0.571. The predicted molar refractivity (Wildman–Crippen MR) is 77.6 cm³/mol. The highest BCUT2D eigenvalue weighted by Gasteiger charge is 2.37. The number of carbonyl (C=O) groups is 1. The topological polar surface area (TPSA) is 48.4 Å². The lowest BCUT2D eigenvalue weighted by Crippen LogP contribution is -2.40. The zero-order chi connectivity index (χ0) is 14.7. The number of nitrogens with zero attached hydrogens (tertiary/aromatic N) is 1.